The van der Waals surface area contributed by atoms with Crippen molar-refractivity contribution < 1.29 is 18.0 Å². The molecule has 28 heavy (non-hydrogen) atoms. The van der Waals surface area contributed by atoms with Gasteiger partial charge in [-0.2, -0.15) is 13.2 Å². The normalized spacial score (nSPS) is 16.1. The third-order valence-electron chi connectivity index (χ3n) is 4.43. The SMILES string of the molecule is C[C@H](Sc1nnc(C(F)(F)F)n1N)C(=O)Nc1ccc(N2CCCCC2)cc1. The molecule has 0 saturated carbocycles. The summed E-state index contributed by atoms with van der Waals surface area (Å²) in [4.78, 5) is 14.7. The summed E-state index contributed by atoms with van der Waals surface area (Å²) in [6.45, 7) is 3.61. The van der Waals surface area contributed by atoms with Crippen molar-refractivity contribution in [2.75, 3.05) is 29.1 Å². The number of rotatable bonds is 5. The first-order valence-corrected chi connectivity index (χ1v) is 9.74. The number of alkyl halides is 3. The van der Waals surface area contributed by atoms with Crippen LogP contribution < -0.4 is 16.1 Å². The number of piperidine rings is 1. The van der Waals surface area contributed by atoms with Gasteiger partial charge in [-0.05, 0) is 50.5 Å². The van der Waals surface area contributed by atoms with E-state index in [1.807, 2.05) is 24.3 Å². The van der Waals surface area contributed by atoms with E-state index in [0.717, 1.165) is 30.5 Å². The highest BCUT2D eigenvalue weighted by Crippen LogP contribution is 2.30. The lowest BCUT2D eigenvalue weighted by Gasteiger charge is -2.28. The summed E-state index contributed by atoms with van der Waals surface area (Å²) < 4.78 is 38.5. The van der Waals surface area contributed by atoms with Crippen LogP contribution >= 0.6 is 11.8 Å². The number of carbonyl (C=O) groups excluding carboxylic acids is 1. The number of nitrogens with two attached hydrogens (primary N) is 1. The number of hydrogen-bond donors (Lipinski definition) is 2. The van der Waals surface area contributed by atoms with Crippen molar-refractivity contribution in [2.45, 2.75) is 42.8 Å². The number of carbonyl (C=O) groups is 1. The Morgan fingerprint density at radius 2 is 1.82 bits per heavy atom. The van der Waals surface area contributed by atoms with Crippen LogP contribution in [0.15, 0.2) is 29.4 Å². The summed E-state index contributed by atoms with van der Waals surface area (Å²) in [5, 5.41) is 8.32. The minimum absolute atomic E-state index is 0.185. The Balaban J connectivity index is 1.59. The molecule has 7 nitrogen and oxygen atoms in total. The third kappa shape index (κ3) is 4.70. The average molecular weight is 414 g/mol. The molecule has 1 aromatic carbocycles. The van der Waals surface area contributed by atoms with Crippen LogP contribution in [0.25, 0.3) is 0 Å². The molecule has 152 valence electrons. The minimum atomic E-state index is -4.71. The predicted molar refractivity (Wildman–Crippen MR) is 102 cm³/mol. The second kappa shape index (κ2) is 8.29. The zero-order chi connectivity index (χ0) is 20.3. The van der Waals surface area contributed by atoms with Crippen molar-refractivity contribution in [1.82, 2.24) is 14.9 Å². The molecular formula is C17H21F3N6OS. The summed E-state index contributed by atoms with van der Waals surface area (Å²) in [7, 11) is 0. The first-order chi connectivity index (χ1) is 13.3. The van der Waals surface area contributed by atoms with E-state index >= 15 is 0 Å². The van der Waals surface area contributed by atoms with Crippen LogP contribution in [0.4, 0.5) is 24.5 Å². The summed E-state index contributed by atoms with van der Waals surface area (Å²) >= 11 is 0.804. The highest BCUT2D eigenvalue weighted by Gasteiger charge is 2.38. The molecule has 1 atom stereocenters. The maximum absolute atomic E-state index is 12.7. The molecule has 2 aromatic rings. The number of nitrogens with zero attached hydrogens (tertiary/aromatic N) is 4. The van der Waals surface area contributed by atoms with Gasteiger partial charge in [0.25, 0.3) is 5.82 Å². The fraction of sp³-hybridized carbons (Fsp3) is 0.471. The molecule has 3 rings (SSSR count). The number of aromatic nitrogens is 3. The van der Waals surface area contributed by atoms with Crippen molar-refractivity contribution in [2.24, 2.45) is 0 Å². The van der Waals surface area contributed by atoms with Crippen molar-refractivity contribution in [3.63, 3.8) is 0 Å². The average Bonchev–Trinajstić information content (AvgIpc) is 3.03. The monoisotopic (exact) mass is 414 g/mol. The smallest absolute Gasteiger partial charge is 0.372 e. The Morgan fingerprint density at radius 1 is 1.18 bits per heavy atom. The molecule has 1 aliphatic rings. The van der Waals surface area contributed by atoms with E-state index in [4.69, 9.17) is 5.84 Å². The maximum atomic E-state index is 12.7. The molecule has 1 saturated heterocycles. The molecule has 0 aliphatic carbocycles. The van der Waals surface area contributed by atoms with E-state index in [-0.39, 0.29) is 11.1 Å². The van der Waals surface area contributed by atoms with Gasteiger partial charge in [-0.15, -0.1) is 10.2 Å². The lowest BCUT2D eigenvalue weighted by Crippen LogP contribution is -2.29. The van der Waals surface area contributed by atoms with Gasteiger partial charge >= 0.3 is 6.18 Å². The molecule has 0 unspecified atom stereocenters. The second-order valence-electron chi connectivity index (χ2n) is 6.52. The Hall–Kier alpha value is -2.43. The van der Waals surface area contributed by atoms with E-state index in [1.54, 1.807) is 6.92 Å². The molecule has 11 heteroatoms. The van der Waals surface area contributed by atoms with E-state index in [2.05, 4.69) is 20.4 Å². The van der Waals surface area contributed by atoms with Gasteiger partial charge in [0.05, 0.1) is 5.25 Å². The summed E-state index contributed by atoms with van der Waals surface area (Å²) in [5.74, 6) is 3.71. The number of nitrogen functional groups attached to an aromatic ring is 1. The first kappa shape index (κ1) is 20.3. The Labute approximate surface area is 164 Å². The number of anilines is 2. The molecule has 3 N–H and O–H groups in total. The second-order valence-corrected chi connectivity index (χ2v) is 7.83. The summed E-state index contributed by atoms with van der Waals surface area (Å²) in [6, 6.07) is 7.52. The van der Waals surface area contributed by atoms with E-state index in [9.17, 15) is 18.0 Å². The number of halogens is 3. The molecule has 1 fully saturated rings. The van der Waals surface area contributed by atoms with Gasteiger partial charge in [0.1, 0.15) is 0 Å². The number of nitrogens with one attached hydrogen (secondary N) is 1. The molecule has 0 spiro atoms. The van der Waals surface area contributed by atoms with E-state index in [1.165, 1.54) is 19.3 Å². The quantitative estimate of drug-likeness (QED) is 0.577. The van der Waals surface area contributed by atoms with Gasteiger partial charge in [-0.1, -0.05) is 11.8 Å². The highest BCUT2D eigenvalue weighted by atomic mass is 32.2. The zero-order valence-electron chi connectivity index (χ0n) is 15.2. The van der Waals surface area contributed by atoms with Crippen molar-refractivity contribution >= 4 is 29.0 Å². The Morgan fingerprint density at radius 3 is 2.39 bits per heavy atom. The fourth-order valence-electron chi connectivity index (χ4n) is 2.91. The lowest BCUT2D eigenvalue weighted by molar-refractivity contribution is -0.146. The molecule has 0 radical (unpaired) electrons. The van der Waals surface area contributed by atoms with E-state index in [0.29, 0.717) is 10.4 Å². The minimum Gasteiger partial charge on any atom is -0.372 e. The maximum Gasteiger partial charge on any atom is 0.453 e. The highest BCUT2D eigenvalue weighted by molar-refractivity contribution is 8.00. The van der Waals surface area contributed by atoms with Gasteiger partial charge in [0.2, 0.25) is 11.1 Å². The Kier molecular flexibility index (Phi) is 6.01. The Bertz CT molecular complexity index is 817. The summed E-state index contributed by atoms with van der Waals surface area (Å²) in [6.07, 6.45) is -1.10. The molecule has 1 amide bonds. The van der Waals surface area contributed by atoms with E-state index < -0.39 is 17.3 Å². The molecular weight excluding hydrogens is 393 g/mol. The van der Waals surface area contributed by atoms with Gasteiger partial charge in [-0.3, -0.25) is 4.79 Å². The largest absolute Gasteiger partial charge is 0.453 e. The van der Waals surface area contributed by atoms with Crippen LogP contribution in [-0.4, -0.2) is 39.1 Å². The topological polar surface area (TPSA) is 89.1 Å². The van der Waals surface area contributed by atoms with Gasteiger partial charge in [-0.25, -0.2) is 4.68 Å². The van der Waals surface area contributed by atoms with Crippen LogP contribution in [-0.2, 0) is 11.0 Å². The van der Waals surface area contributed by atoms with Crippen LogP contribution in [0.5, 0.6) is 0 Å². The molecule has 1 aromatic heterocycles. The summed E-state index contributed by atoms with van der Waals surface area (Å²) in [5.41, 5.74) is 1.72. The lowest BCUT2D eigenvalue weighted by atomic mass is 10.1. The van der Waals surface area contributed by atoms with Crippen LogP contribution in [0.3, 0.4) is 0 Å². The van der Waals surface area contributed by atoms with Crippen LogP contribution in [0, 0.1) is 0 Å². The standard InChI is InChI=1S/C17H21F3N6OS/c1-11(28-16-24-23-15(26(16)21)17(18,19)20)14(27)22-12-5-7-13(8-6-12)25-9-3-2-4-10-25/h5-8,11H,2-4,9-10,21H2,1H3,(H,22,27)/t11-/m0/s1. The van der Waals surface area contributed by atoms with Gasteiger partial charge < -0.3 is 16.1 Å². The number of hydrogen-bond acceptors (Lipinski definition) is 6. The number of benzene rings is 1. The zero-order valence-corrected chi connectivity index (χ0v) is 16.1. The van der Waals surface area contributed by atoms with Gasteiger partial charge in [0.15, 0.2) is 0 Å². The van der Waals surface area contributed by atoms with Crippen molar-refractivity contribution in [1.29, 1.82) is 0 Å². The predicted octanol–water partition coefficient (Wildman–Crippen LogP) is 3.12. The van der Waals surface area contributed by atoms with Crippen molar-refractivity contribution in [3.8, 4) is 0 Å². The molecule has 1 aliphatic heterocycles. The third-order valence-corrected chi connectivity index (χ3v) is 5.48. The van der Waals surface area contributed by atoms with Crippen LogP contribution in [0.1, 0.15) is 32.0 Å². The first-order valence-electron chi connectivity index (χ1n) is 8.86. The van der Waals surface area contributed by atoms with Crippen molar-refractivity contribution in [3.05, 3.63) is 30.1 Å². The molecule has 2 heterocycles. The van der Waals surface area contributed by atoms with Crippen LogP contribution in [0.2, 0.25) is 0 Å². The number of amides is 1. The number of thioether (sulfide) groups is 1. The van der Waals surface area contributed by atoms with Gasteiger partial charge in [0, 0.05) is 24.5 Å². The fourth-order valence-corrected chi connectivity index (χ4v) is 3.68. The molecule has 0 bridgehead atoms.